The van der Waals surface area contributed by atoms with Gasteiger partial charge in [0.25, 0.3) is 0 Å². The van der Waals surface area contributed by atoms with Crippen LogP contribution in [0.25, 0.3) is 0 Å². The number of hydrogen-bond donors (Lipinski definition) is 1. The van der Waals surface area contributed by atoms with Gasteiger partial charge < -0.3 is 5.73 Å². The van der Waals surface area contributed by atoms with Gasteiger partial charge in [-0.15, -0.1) is 11.3 Å². The van der Waals surface area contributed by atoms with Gasteiger partial charge in [-0.05, 0) is 26.1 Å². The van der Waals surface area contributed by atoms with Crippen molar-refractivity contribution in [3.8, 4) is 0 Å². The monoisotopic (exact) mass is 257 g/mol. The fraction of sp³-hybridized carbons (Fsp3) is 0.727. The van der Waals surface area contributed by atoms with Crippen molar-refractivity contribution >= 4 is 23.1 Å². The van der Waals surface area contributed by atoms with Gasteiger partial charge in [0.15, 0.2) is 0 Å². The SMILES string of the molecule is Cc1nc(CN(C)C2(CN)CCSC2)cs1. The highest BCUT2D eigenvalue weighted by atomic mass is 32.2. The Labute approximate surface area is 105 Å². The lowest BCUT2D eigenvalue weighted by Gasteiger charge is -2.36. The molecule has 5 heteroatoms. The highest BCUT2D eigenvalue weighted by molar-refractivity contribution is 7.99. The van der Waals surface area contributed by atoms with Crippen LogP contribution < -0.4 is 5.73 Å². The summed E-state index contributed by atoms with van der Waals surface area (Å²) in [6.45, 7) is 3.72. The molecule has 2 rings (SSSR count). The van der Waals surface area contributed by atoms with Crippen LogP contribution in [0.2, 0.25) is 0 Å². The fourth-order valence-corrected chi connectivity index (χ4v) is 4.24. The van der Waals surface area contributed by atoms with Crippen molar-refractivity contribution in [2.45, 2.75) is 25.4 Å². The molecule has 1 aliphatic heterocycles. The number of thiazole rings is 1. The lowest BCUT2D eigenvalue weighted by molar-refractivity contribution is 0.142. The average molecular weight is 257 g/mol. The highest BCUT2D eigenvalue weighted by Crippen LogP contribution is 2.32. The molecule has 0 bridgehead atoms. The summed E-state index contributed by atoms with van der Waals surface area (Å²) in [6, 6.07) is 0. The Hall–Kier alpha value is -0.100. The lowest BCUT2D eigenvalue weighted by Crippen LogP contribution is -2.51. The maximum atomic E-state index is 5.96. The highest BCUT2D eigenvalue weighted by Gasteiger charge is 2.36. The van der Waals surface area contributed by atoms with Crippen molar-refractivity contribution in [2.24, 2.45) is 5.73 Å². The minimum absolute atomic E-state index is 0.197. The molecule has 1 unspecified atom stereocenters. The first kappa shape index (κ1) is 12.4. The van der Waals surface area contributed by atoms with Crippen LogP contribution in [-0.2, 0) is 6.54 Å². The van der Waals surface area contributed by atoms with Gasteiger partial charge >= 0.3 is 0 Å². The van der Waals surface area contributed by atoms with Crippen LogP contribution in [0, 0.1) is 6.92 Å². The van der Waals surface area contributed by atoms with Crippen molar-refractivity contribution in [3.63, 3.8) is 0 Å². The summed E-state index contributed by atoms with van der Waals surface area (Å²) in [7, 11) is 2.17. The normalized spacial score (nSPS) is 25.5. The van der Waals surface area contributed by atoms with E-state index in [9.17, 15) is 0 Å². The molecule has 0 amide bonds. The topological polar surface area (TPSA) is 42.2 Å². The Morgan fingerprint density at radius 3 is 2.94 bits per heavy atom. The first-order valence-corrected chi connectivity index (χ1v) is 7.60. The van der Waals surface area contributed by atoms with E-state index in [0.29, 0.717) is 0 Å². The minimum Gasteiger partial charge on any atom is -0.329 e. The summed E-state index contributed by atoms with van der Waals surface area (Å²) in [4.78, 5) is 6.91. The van der Waals surface area contributed by atoms with E-state index >= 15 is 0 Å². The second-order valence-electron chi connectivity index (χ2n) is 4.44. The third kappa shape index (κ3) is 2.42. The van der Waals surface area contributed by atoms with E-state index in [-0.39, 0.29) is 5.54 Å². The largest absolute Gasteiger partial charge is 0.329 e. The van der Waals surface area contributed by atoms with Crippen molar-refractivity contribution in [1.29, 1.82) is 0 Å². The molecule has 1 aromatic heterocycles. The lowest BCUT2D eigenvalue weighted by atomic mass is 9.97. The van der Waals surface area contributed by atoms with E-state index in [4.69, 9.17) is 5.73 Å². The van der Waals surface area contributed by atoms with Gasteiger partial charge in [-0.2, -0.15) is 11.8 Å². The van der Waals surface area contributed by atoms with E-state index in [0.717, 1.165) is 23.8 Å². The van der Waals surface area contributed by atoms with Crippen LogP contribution in [0.5, 0.6) is 0 Å². The number of nitrogens with zero attached hydrogens (tertiary/aromatic N) is 2. The molecule has 1 saturated heterocycles. The molecule has 1 aliphatic rings. The molecule has 0 aliphatic carbocycles. The zero-order valence-corrected chi connectivity index (χ0v) is 11.5. The van der Waals surface area contributed by atoms with Gasteiger partial charge in [-0.25, -0.2) is 4.98 Å². The maximum Gasteiger partial charge on any atom is 0.0897 e. The molecule has 0 aromatic carbocycles. The zero-order chi connectivity index (χ0) is 11.6. The summed E-state index contributed by atoms with van der Waals surface area (Å²) in [5.74, 6) is 2.39. The van der Waals surface area contributed by atoms with Crippen molar-refractivity contribution < 1.29 is 0 Å². The second-order valence-corrected chi connectivity index (χ2v) is 6.61. The van der Waals surface area contributed by atoms with Crippen LogP contribution in [0.4, 0.5) is 0 Å². The standard InChI is InChI=1S/C11H19N3S2/c1-9-13-10(6-16-9)5-14(2)11(7-12)3-4-15-8-11/h6H,3-5,7-8,12H2,1-2H3. The van der Waals surface area contributed by atoms with Crippen molar-refractivity contribution in [1.82, 2.24) is 9.88 Å². The molecule has 3 nitrogen and oxygen atoms in total. The van der Waals surface area contributed by atoms with E-state index in [1.807, 2.05) is 11.8 Å². The Bertz CT molecular complexity index is 345. The molecule has 1 fully saturated rings. The molecule has 2 N–H and O–H groups in total. The molecular formula is C11H19N3S2. The van der Waals surface area contributed by atoms with Gasteiger partial charge in [0.1, 0.15) is 0 Å². The molecule has 0 spiro atoms. The number of likely N-dealkylation sites (N-methyl/N-ethyl adjacent to an activating group) is 1. The van der Waals surface area contributed by atoms with E-state index in [1.165, 1.54) is 17.9 Å². The maximum absolute atomic E-state index is 5.96. The Morgan fingerprint density at radius 2 is 2.44 bits per heavy atom. The third-order valence-electron chi connectivity index (χ3n) is 3.34. The molecule has 0 radical (unpaired) electrons. The third-order valence-corrected chi connectivity index (χ3v) is 5.39. The smallest absolute Gasteiger partial charge is 0.0897 e. The fourth-order valence-electron chi connectivity index (χ4n) is 2.11. The van der Waals surface area contributed by atoms with E-state index in [1.54, 1.807) is 11.3 Å². The first-order chi connectivity index (χ1) is 7.66. The number of aromatic nitrogens is 1. The van der Waals surface area contributed by atoms with Crippen LogP contribution in [0.1, 0.15) is 17.1 Å². The van der Waals surface area contributed by atoms with E-state index < -0.39 is 0 Å². The number of aryl methyl sites for hydroxylation is 1. The number of rotatable bonds is 4. The number of nitrogens with two attached hydrogens (primary N) is 1. The second kappa shape index (κ2) is 5.04. The van der Waals surface area contributed by atoms with Crippen molar-refractivity contribution in [2.75, 3.05) is 25.1 Å². The summed E-state index contributed by atoms with van der Waals surface area (Å²) in [5, 5.41) is 3.30. The molecule has 90 valence electrons. The molecule has 1 atom stereocenters. The summed E-state index contributed by atoms with van der Waals surface area (Å²) < 4.78 is 0. The summed E-state index contributed by atoms with van der Waals surface area (Å²) in [6.07, 6.45) is 1.20. The van der Waals surface area contributed by atoms with Gasteiger partial charge in [0.05, 0.1) is 10.7 Å². The first-order valence-electron chi connectivity index (χ1n) is 5.56. The van der Waals surface area contributed by atoms with Crippen LogP contribution >= 0.6 is 23.1 Å². The Morgan fingerprint density at radius 1 is 1.62 bits per heavy atom. The Kier molecular flexibility index (Phi) is 3.89. The molecule has 16 heavy (non-hydrogen) atoms. The average Bonchev–Trinajstić information content (AvgIpc) is 2.88. The summed E-state index contributed by atoms with van der Waals surface area (Å²) >= 11 is 3.73. The van der Waals surface area contributed by atoms with Crippen LogP contribution in [0.15, 0.2) is 5.38 Å². The van der Waals surface area contributed by atoms with Crippen LogP contribution in [-0.4, -0.2) is 40.5 Å². The molecule has 0 saturated carbocycles. The van der Waals surface area contributed by atoms with Crippen LogP contribution in [0.3, 0.4) is 0 Å². The molecule has 2 heterocycles. The van der Waals surface area contributed by atoms with Gasteiger partial charge in [0, 0.05) is 29.8 Å². The summed E-state index contributed by atoms with van der Waals surface area (Å²) in [5.41, 5.74) is 7.33. The molecular weight excluding hydrogens is 238 g/mol. The number of thioether (sulfide) groups is 1. The van der Waals surface area contributed by atoms with Gasteiger partial charge in [-0.3, -0.25) is 4.90 Å². The van der Waals surface area contributed by atoms with Gasteiger partial charge in [0.2, 0.25) is 0 Å². The zero-order valence-electron chi connectivity index (χ0n) is 9.90. The quantitative estimate of drug-likeness (QED) is 0.892. The predicted octanol–water partition coefficient (Wildman–Crippen LogP) is 1.72. The van der Waals surface area contributed by atoms with E-state index in [2.05, 4.69) is 29.2 Å². The van der Waals surface area contributed by atoms with Gasteiger partial charge in [-0.1, -0.05) is 0 Å². The predicted molar refractivity (Wildman–Crippen MR) is 72.0 cm³/mol. The number of hydrogen-bond acceptors (Lipinski definition) is 5. The minimum atomic E-state index is 0.197. The Balaban J connectivity index is 2.03. The molecule has 1 aromatic rings. The van der Waals surface area contributed by atoms with Crippen molar-refractivity contribution in [3.05, 3.63) is 16.1 Å².